The molecule has 0 amide bonds. The summed E-state index contributed by atoms with van der Waals surface area (Å²) in [6.07, 6.45) is 0. The summed E-state index contributed by atoms with van der Waals surface area (Å²) in [5, 5.41) is 11.2. The maximum Gasteiger partial charge on any atom is 0.0768 e. The second-order valence-corrected chi connectivity index (χ2v) is 6.63. The summed E-state index contributed by atoms with van der Waals surface area (Å²) in [4.78, 5) is 4.66. The van der Waals surface area contributed by atoms with Gasteiger partial charge in [0.2, 0.25) is 0 Å². The molecule has 4 heteroatoms. The van der Waals surface area contributed by atoms with Crippen LogP contribution in [-0.2, 0) is 0 Å². The van der Waals surface area contributed by atoms with Crippen molar-refractivity contribution >= 4 is 17.3 Å². The van der Waals surface area contributed by atoms with E-state index in [-0.39, 0.29) is 5.92 Å². The van der Waals surface area contributed by atoms with Crippen molar-refractivity contribution in [2.45, 2.75) is 26.4 Å². The van der Waals surface area contributed by atoms with Crippen LogP contribution in [0.3, 0.4) is 0 Å². The van der Waals surface area contributed by atoms with Crippen LogP contribution in [0.2, 0.25) is 5.02 Å². The molecule has 3 nitrogen and oxygen atoms in total. The van der Waals surface area contributed by atoms with Gasteiger partial charge in [0.15, 0.2) is 0 Å². The number of para-hydroxylation sites is 1. The molecule has 1 N–H and O–H groups in total. The number of β-amino-alcohol motifs (C(OH)–C–C–N with tert-alkyl or cyclic N) is 1. The lowest BCUT2D eigenvalue weighted by Gasteiger charge is -2.40. The molecule has 0 aliphatic carbocycles. The van der Waals surface area contributed by atoms with Crippen molar-refractivity contribution in [3.63, 3.8) is 0 Å². The first-order valence-electron chi connectivity index (χ1n) is 7.34. The fourth-order valence-corrected chi connectivity index (χ4v) is 2.75. The molecule has 0 bridgehead atoms. The highest BCUT2D eigenvalue weighted by Gasteiger charge is 2.29. The molecule has 0 aromatic heterocycles. The lowest BCUT2D eigenvalue weighted by molar-refractivity contribution is -0.0198. The van der Waals surface area contributed by atoms with E-state index >= 15 is 0 Å². The Morgan fingerprint density at radius 2 is 1.80 bits per heavy atom. The number of aliphatic hydroxyl groups is 1. The van der Waals surface area contributed by atoms with Gasteiger partial charge in [-0.3, -0.25) is 4.90 Å². The first-order chi connectivity index (χ1) is 9.40. The molecule has 1 aromatic carbocycles. The predicted molar refractivity (Wildman–Crippen MR) is 85.6 cm³/mol. The fraction of sp³-hybridized carbons (Fsp3) is 0.625. The second-order valence-electron chi connectivity index (χ2n) is 6.23. The minimum Gasteiger partial charge on any atom is -0.389 e. The smallest absolute Gasteiger partial charge is 0.0768 e. The van der Waals surface area contributed by atoms with Gasteiger partial charge in [0.1, 0.15) is 0 Å². The van der Waals surface area contributed by atoms with Crippen molar-refractivity contribution < 1.29 is 5.11 Å². The summed E-state index contributed by atoms with van der Waals surface area (Å²) in [5.74, 6) is 0.268. The number of benzene rings is 1. The van der Waals surface area contributed by atoms with E-state index < -0.39 is 5.60 Å². The molecule has 1 unspecified atom stereocenters. The lowest BCUT2D eigenvalue weighted by atomic mass is 9.92. The Balaban J connectivity index is 1.92. The van der Waals surface area contributed by atoms with E-state index in [0.717, 1.165) is 43.4 Å². The number of hydrogen-bond donors (Lipinski definition) is 1. The third-order valence-electron chi connectivity index (χ3n) is 4.35. The maximum absolute atomic E-state index is 10.4. The summed E-state index contributed by atoms with van der Waals surface area (Å²) in [7, 11) is 0. The van der Waals surface area contributed by atoms with Crippen LogP contribution in [0.5, 0.6) is 0 Å². The molecule has 0 spiro atoms. The highest BCUT2D eigenvalue weighted by atomic mass is 35.5. The fourth-order valence-electron chi connectivity index (χ4n) is 2.49. The van der Waals surface area contributed by atoms with Crippen molar-refractivity contribution in [1.29, 1.82) is 0 Å². The first kappa shape index (κ1) is 15.6. The summed E-state index contributed by atoms with van der Waals surface area (Å²) < 4.78 is 0. The molecule has 1 fully saturated rings. The summed E-state index contributed by atoms with van der Waals surface area (Å²) in [5.41, 5.74) is 0.497. The Kier molecular flexibility index (Phi) is 4.95. The zero-order valence-corrected chi connectivity index (χ0v) is 13.4. The molecule has 1 aromatic rings. The molecule has 0 radical (unpaired) electrons. The molecule has 0 saturated carbocycles. The summed E-state index contributed by atoms with van der Waals surface area (Å²) in [6.45, 7) is 10.6. The Morgan fingerprint density at radius 1 is 1.20 bits per heavy atom. The van der Waals surface area contributed by atoms with E-state index in [1.807, 2.05) is 25.1 Å². The van der Waals surface area contributed by atoms with Gasteiger partial charge in [0.25, 0.3) is 0 Å². The van der Waals surface area contributed by atoms with E-state index in [9.17, 15) is 5.11 Å². The number of nitrogens with zero attached hydrogens (tertiary/aromatic N) is 2. The number of piperazine rings is 1. The van der Waals surface area contributed by atoms with Gasteiger partial charge in [-0.15, -0.1) is 0 Å². The van der Waals surface area contributed by atoms with Crippen LogP contribution in [0.25, 0.3) is 0 Å². The average molecular weight is 297 g/mol. The number of rotatable bonds is 4. The minimum atomic E-state index is -0.618. The predicted octanol–water partition coefficient (Wildman–Crippen LogP) is 2.87. The highest BCUT2D eigenvalue weighted by Crippen LogP contribution is 2.26. The van der Waals surface area contributed by atoms with Crippen molar-refractivity contribution in [2.75, 3.05) is 37.6 Å². The largest absolute Gasteiger partial charge is 0.389 e. The van der Waals surface area contributed by atoms with Crippen LogP contribution in [0.4, 0.5) is 5.69 Å². The Morgan fingerprint density at radius 3 is 2.35 bits per heavy atom. The Hall–Kier alpha value is -0.770. The Labute approximate surface area is 127 Å². The molecular weight excluding hydrogens is 272 g/mol. The van der Waals surface area contributed by atoms with Crippen molar-refractivity contribution in [3.05, 3.63) is 29.3 Å². The van der Waals surface area contributed by atoms with Gasteiger partial charge in [-0.25, -0.2) is 0 Å². The topological polar surface area (TPSA) is 26.7 Å². The molecule has 1 heterocycles. The van der Waals surface area contributed by atoms with Gasteiger partial charge in [0.05, 0.1) is 16.3 Å². The van der Waals surface area contributed by atoms with E-state index in [2.05, 4.69) is 29.7 Å². The van der Waals surface area contributed by atoms with Gasteiger partial charge in [-0.05, 0) is 25.0 Å². The standard InChI is InChI=1S/C16H25ClN2O/c1-13(2)16(3,20)12-18-8-10-19(11-9-18)15-7-5-4-6-14(15)17/h4-7,13,20H,8-12H2,1-3H3. The van der Waals surface area contributed by atoms with Crippen molar-refractivity contribution in [2.24, 2.45) is 5.92 Å². The van der Waals surface area contributed by atoms with Crippen LogP contribution >= 0.6 is 11.6 Å². The van der Waals surface area contributed by atoms with Gasteiger partial charge in [-0.1, -0.05) is 37.6 Å². The van der Waals surface area contributed by atoms with Crippen molar-refractivity contribution in [1.82, 2.24) is 4.90 Å². The van der Waals surface area contributed by atoms with Crippen molar-refractivity contribution in [3.8, 4) is 0 Å². The van der Waals surface area contributed by atoms with Gasteiger partial charge >= 0.3 is 0 Å². The number of halogens is 1. The zero-order valence-electron chi connectivity index (χ0n) is 12.6. The minimum absolute atomic E-state index is 0.268. The zero-order chi connectivity index (χ0) is 14.8. The van der Waals surface area contributed by atoms with Gasteiger partial charge in [-0.2, -0.15) is 0 Å². The average Bonchev–Trinajstić information content (AvgIpc) is 2.40. The molecule has 20 heavy (non-hydrogen) atoms. The molecule has 2 rings (SSSR count). The number of hydrogen-bond acceptors (Lipinski definition) is 3. The molecule has 1 saturated heterocycles. The molecule has 1 aliphatic heterocycles. The lowest BCUT2D eigenvalue weighted by Crippen LogP contribution is -2.52. The third kappa shape index (κ3) is 3.66. The Bertz CT molecular complexity index is 440. The summed E-state index contributed by atoms with van der Waals surface area (Å²) in [6, 6.07) is 7.99. The van der Waals surface area contributed by atoms with Gasteiger partial charge in [0, 0.05) is 32.7 Å². The van der Waals surface area contributed by atoms with Crippen LogP contribution in [0.1, 0.15) is 20.8 Å². The normalized spacial score (nSPS) is 20.2. The monoisotopic (exact) mass is 296 g/mol. The van der Waals surface area contributed by atoms with E-state index in [1.54, 1.807) is 0 Å². The van der Waals surface area contributed by atoms with Crippen LogP contribution < -0.4 is 4.90 Å². The number of anilines is 1. The van der Waals surface area contributed by atoms with Crippen LogP contribution in [0.15, 0.2) is 24.3 Å². The molecule has 1 atom stereocenters. The molecular formula is C16H25ClN2O. The first-order valence-corrected chi connectivity index (χ1v) is 7.72. The van der Waals surface area contributed by atoms with E-state index in [4.69, 9.17) is 11.6 Å². The quantitative estimate of drug-likeness (QED) is 0.925. The molecule has 1 aliphatic rings. The molecule has 112 valence electrons. The highest BCUT2D eigenvalue weighted by molar-refractivity contribution is 6.33. The SMILES string of the molecule is CC(C)C(C)(O)CN1CCN(c2ccccc2Cl)CC1. The van der Waals surface area contributed by atoms with Crippen LogP contribution in [0, 0.1) is 5.92 Å². The van der Waals surface area contributed by atoms with Gasteiger partial charge < -0.3 is 10.0 Å². The summed E-state index contributed by atoms with van der Waals surface area (Å²) >= 11 is 6.25. The van der Waals surface area contributed by atoms with E-state index in [1.165, 1.54) is 0 Å². The third-order valence-corrected chi connectivity index (χ3v) is 4.67. The second kappa shape index (κ2) is 6.33. The van der Waals surface area contributed by atoms with Crippen LogP contribution in [-0.4, -0.2) is 48.3 Å². The maximum atomic E-state index is 10.4. The van der Waals surface area contributed by atoms with E-state index in [0.29, 0.717) is 0 Å².